The SMILES string of the molecule is CCS(=O)CCNCC(=O)NC(C)(C)CC. The zero-order chi connectivity index (χ0) is 12.6. The summed E-state index contributed by atoms with van der Waals surface area (Å²) in [6.45, 7) is 8.85. The van der Waals surface area contributed by atoms with Crippen LogP contribution in [0.3, 0.4) is 0 Å². The molecular weight excluding hydrogens is 224 g/mol. The molecule has 2 N–H and O–H groups in total. The Morgan fingerprint density at radius 3 is 2.44 bits per heavy atom. The maximum atomic E-state index is 11.5. The van der Waals surface area contributed by atoms with Gasteiger partial charge in [-0.15, -0.1) is 0 Å². The molecule has 1 unspecified atom stereocenters. The molecule has 0 aliphatic heterocycles. The van der Waals surface area contributed by atoms with Gasteiger partial charge in [-0.1, -0.05) is 13.8 Å². The van der Waals surface area contributed by atoms with Crippen LogP contribution in [-0.4, -0.2) is 40.3 Å². The molecule has 1 atom stereocenters. The molecule has 16 heavy (non-hydrogen) atoms. The maximum absolute atomic E-state index is 11.5. The van der Waals surface area contributed by atoms with E-state index in [4.69, 9.17) is 0 Å². The minimum Gasteiger partial charge on any atom is -0.350 e. The Labute approximate surface area is 101 Å². The van der Waals surface area contributed by atoms with Crippen LogP contribution in [0, 0.1) is 0 Å². The first-order valence-electron chi connectivity index (χ1n) is 5.78. The van der Waals surface area contributed by atoms with Crippen molar-refractivity contribution in [3.8, 4) is 0 Å². The zero-order valence-corrected chi connectivity index (χ0v) is 11.6. The Morgan fingerprint density at radius 1 is 1.31 bits per heavy atom. The third kappa shape index (κ3) is 7.82. The van der Waals surface area contributed by atoms with Gasteiger partial charge in [-0.05, 0) is 20.3 Å². The van der Waals surface area contributed by atoms with Crippen molar-refractivity contribution in [1.82, 2.24) is 10.6 Å². The minimum absolute atomic E-state index is 0.00543. The molecule has 0 spiro atoms. The highest BCUT2D eigenvalue weighted by molar-refractivity contribution is 7.84. The molecule has 0 saturated carbocycles. The standard InChI is InChI=1S/C11H24N2O2S/c1-5-11(3,4)13-10(14)9-12-7-8-16(15)6-2/h12H,5-9H2,1-4H3,(H,13,14). The molecule has 0 aromatic heterocycles. The number of nitrogens with one attached hydrogen (secondary N) is 2. The predicted octanol–water partition coefficient (Wildman–Crippen LogP) is 0.649. The Balaban J connectivity index is 3.63. The molecule has 0 saturated heterocycles. The smallest absolute Gasteiger partial charge is 0.234 e. The fraction of sp³-hybridized carbons (Fsp3) is 0.909. The van der Waals surface area contributed by atoms with Gasteiger partial charge >= 0.3 is 0 Å². The topological polar surface area (TPSA) is 58.2 Å². The average molecular weight is 248 g/mol. The lowest BCUT2D eigenvalue weighted by Crippen LogP contribution is -2.46. The van der Waals surface area contributed by atoms with Gasteiger partial charge in [0.1, 0.15) is 0 Å². The minimum atomic E-state index is -0.757. The molecule has 4 nitrogen and oxygen atoms in total. The first-order chi connectivity index (χ1) is 7.41. The molecule has 0 bridgehead atoms. The number of hydrogen-bond acceptors (Lipinski definition) is 3. The second-order valence-corrected chi connectivity index (χ2v) is 6.26. The van der Waals surface area contributed by atoms with E-state index in [1.165, 1.54) is 0 Å². The van der Waals surface area contributed by atoms with Crippen LogP contribution >= 0.6 is 0 Å². The molecule has 1 amide bonds. The van der Waals surface area contributed by atoms with Crippen molar-refractivity contribution in [3.63, 3.8) is 0 Å². The van der Waals surface area contributed by atoms with Crippen molar-refractivity contribution < 1.29 is 9.00 Å². The monoisotopic (exact) mass is 248 g/mol. The molecule has 0 radical (unpaired) electrons. The van der Waals surface area contributed by atoms with E-state index in [0.717, 1.165) is 6.42 Å². The number of hydrogen-bond donors (Lipinski definition) is 2. The summed E-state index contributed by atoms with van der Waals surface area (Å²) in [5, 5.41) is 5.92. The number of carbonyl (C=O) groups excluding carboxylic acids is 1. The quantitative estimate of drug-likeness (QED) is 0.620. The Bertz CT molecular complexity index is 242. The molecule has 0 aliphatic carbocycles. The van der Waals surface area contributed by atoms with Gasteiger partial charge in [0.05, 0.1) is 6.54 Å². The van der Waals surface area contributed by atoms with Crippen LogP contribution in [0.2, 0.25) is 0 Å². The van der Waals surface area contributed by atoms with Gasteiger partial charge in [-0.25, -0.2) is 0 Å². The number of amides is 1. The van der Waals surface area contributed by atoms with Gasteiger partial charge < -0.3 is 10.6 Å². The van der Waals surface area contributed by atoms with E-state index in [0.29, 0.717) is 24.6 Å². The van der Waals surface area contributed by atoms with Crippen molar-refractivity contribution in [2.45, 2.75) is 39.7 Å². The Hall–Kier alpha value is -0.420. The zero-order valence-electron chi connectivity index (χ0n) is 10.8. The summed E-state index contributed by atoms with van der Waals surface area (Å²) in [4.78, 5) is 11.5. The van der Waals surface area contributed by atoms with E-state index in [2.05, 4.69) is 10.6 Å². The predicted molar refractivity (Wildman–Crippen MR) is 68.9 cm³/mol. The number of rotatable bonds is 8. The molecule has 96 valence electrons. The summed E-state index contributed by atoms with van der Waals surface area (Å²) in [6, 6.07) is 0. The Kier molecular flexibility index (Phi) is 7.58. The van der Waals surface area contributed by atoms with Crippen molar-refractivity contribution >= 4 is 16.7 Å². The first-order valence-corrected chi connectivity index (χ1v) is 7.26. The number of carbonyl (C=O) groups is 1. The highest BCUT2D eigenvalue weighted by Gasteiger charge is 2.16. The van der Waals surface area contributed by atoms with Crippen molar-refractivity contribution in [3.05, 3.63) is 0 Å². The molecular formula is C11H24N2O2S. The van der Waals surface area contributed by atoms with Crippen LogP contribution in [0.25, 0.3) is 0 Å². The van der Waals surface area contributed by atoms with Gasteiger partial charge in [0, 0.05) is 34.4 Å². The molecule has 0 aromatic carbocycles. The van der Waals surface area contributed by atoms with Gasteiger partial charge in [0.2, 0.25) is 5.91 Å². The second-order valence-electron chi connectivity index (χ2n) is 4.40. The van der Waals surface area contributed by atoms with Gasteiger partial charge in [0.25, 0.3) is 0 Å². The summed E-state index contributed by atoms with van der Waals surface area (Å²) in [5.74, 6) is 1.28. The summed E-state index contributed by atoms with van der Waals surface area (Å²) in [5.41, 5.74) is -0.148. The maximum Gasteiger partial charge on any atom is 0.234 e. The molecule has 0 rings (SSSR count). The summed E-state index contributed by atoms with van der Waals surface area (Å²) >= 11 is 0. The van der Waals surface area contributed by atoms with Crippen LogP contribution < -0.4 is 10.6 Å². The van der Waals surface area contributed by atoms with Crippen LogP contribution in [0.15, 0.2) is 0 Å². The summed E-state index contributed by atoms with van der Waals surface area (Å²) < 4.78 is 11.1. The van der Waals surface area contributed by atoms with Crippen LogP contribution in [-0.2, 0) is 15.6 Å². The third-order valence-electron chi connectivity index (χ3n) is 2.48. The largest absolute Gasteiger partial charge is 0.350 e. The third-order valence-corrected chi connectivity index (χ3v) is 3.78. The highest BCUT2D eigenvalue weighted by atomic mass is 32.2. The van der Waals surface area contributed by atoms with Crippen molar-refractivity contribution in [2.75, 3.05) is 24.6 Å². The lowest BCUT2D eigenvalue weighted by Gasteiger charge is -2.24. The van der Waals surface area contributed by atoms with Crippen LogP contribution in [0.4, 0.5) is 0 Å². The van der Waals surface area contributed by atoms with Gasteiger partial charge in [-0.3, -0.25) is 9.00 Å². The Morgan fingerprint density at radius 2 is 1.94 bits per heavy atom. The summed E-state index contributed by atoms with van der Waals surface area (Å²) in [7, 11) is -0.757. The van der Waals surface area contributed by atoms with Gasteiger partial charge in [0.15, 0.2) is 0 Å². The molecule has 0 aromatic rings. The normalized spacial score (nSPS) is 13.5. The molecule has 0 heterocycles. The average Bonchev–Trinajstić information content (AvgIpc) is 2.23. The highest BCUT2D eigenvalue weighted by Crippen LogP contribution is 2.05. The fourth-order valence-electron chi connectivity index (χ4n) is 1.04. The van der Waals surface area contributed by atoms with E-state index < -0.39 is 10.8 Å². The van der Waals surface area contributed by atoms with E-state index in [1.54, 1.807) is 0 Å². The van der Waals surface area contributed by atoms with E-state index in [1.807, 2.05) is 27.7 Å². The molecule has 0 aliphatic rings. The molecule has 0 fully saturated rings. The van der Waals surface area contributed by atoms with E-state index in [-0.39, 0.29) is 11.4 Å². The second kappa shape index (κ2) is 7.79. The van der Waals surface area contributed by atoms with E-state index in [9.17, 15) is 9.00 Å². The summed E-state index contributed by atoms with van der Waals surface area (Å²) in [6.07, 6.45) is 0.901. The van der Waals surface area contributed by atoms with Crippen molar-refractivity contribution in [2.24, 2.45) is 0 Å². The van der Waals surface area contributed by atoms with Crippen molar-refractivity contribution in [1.29, 1.82) is 0 Å². The first kappa shape index (κ1) is 15.6. The van der Waals surface area contributed by atoms with Crippen LogP contribution in [0.1, 0.15) is 34.1 Å². The lowest BCUT2D eigenvalue weighted by molar-refractivity contribution is -0.121. The van der Waals surface area contributed by atoms with Crippen LogP contribution in [0.5, 0.6) is 0 Å². The lowest BCUT2D eigenvalue weighted by atomic mass is 10.0. The fourth-order valence-corrected chi connectivity index (χ4v) is 1.70. The molecule has 5 heteroatoms. The van der Waals surface area contributed by atoms with E-state index >= 15 is 0 Å². The van der Waals surface area contributed by atoms with Gasteiger partial charge in [-0.2, -0.15) is 0 Å².